The van der Waals surface area contributed by atoms with Crippen LogP contribution in [0.4, 0.5) is 0 Å². The van der Waals surface area contributed by atoms with Crippen LogP contribution in [-0.2, 0) is 9.53 Å². The van der Waals surface area contributed by atoms with E-state index in [1.165, 1.54) is 0 Å². The monoisotopic (exact) mass is 350 g/mol. The van der Waals surface area contributed by atoms with Gasteiger partial charge in [0, 0.05) is 5.56 Å². The molecule has 0 fully saturated rings. The third-order valence-corrected chi connectivity index (χ3v) is 3.89. The average Bonchev–Trinajstić information content (AvgIpc) is 3.01. The lowest BCUT2D eigenvalue weighted by Crippen LogP contribution is -2.04. The van der Waals surface area contributed by atoms with Gasteiger partial charge in [-0.1, -0.05) is 26.0 Å². The zero-order valence-corrected chi connectivity index (χ0v) is 15.2. The summed E-state index contributed by atoms with van der Waals surface area (Å²) in [5, 5.41) is 0. The van der Waals surface area contributed by atoms with Crippen LogP contribution in [0.5, 0.6) is 11.5 Å². The lowest BCUT2D eigenvalue weighted by atomic mass is 10.1. The Hall–Kier alpha value is -3.01. The van der Waals surface area contributed by atoms with Crippen LogP contribution in [0, 0.1) is 5.92 Å². The third-order valence-electron chi connectivity index (χ3n) is 3.89. The summed E-state index contributed by atoms with van der Waals surface area (Å²) < 4.78 is 16.2. The fourth-order valence-corrected chi connectivity index (χ4v) is 2.49. The van der Waals surface area contributed by atoms with Crippen LogP contribution in [0.2, 0.25) is 0 Å². The Morgan fingerprint density at radius 2 is 1.65 bits per heavy atom. The molecule has 0 aromatic heterocycles. The third kappa shape index (κ3) is 4.33. The quantitative estimate of drug-likeness (QED) is 0.559. The Balaban J connectivity index is 1.75. The molecule has 0 N–H and O–H groups in total. The first-order valence-corrected chi connectivity index (χ1v) is 8.58. The maximum atomic E-state index is 12.1. The standard InChI is InChI=1S/C22H22O4/c1-15(2)14-25-20-8-4-16(5-9-20)12-18-13-21(26-22(18)23)17-6-10-19(24-3)11-7-17/h4-13,15H,14H2,1-3H3/b18-12+. The van der Waals surface area contributed by atoms with Crippen molar-refractivity contribution in [3.8, 4) is 11.5 Å². The number of benzene rings is 2. The highest BCUT2D eigenvalue weighted by atomic mass is 16.5. The summed E-state index contributed by atoms with van der Waals surface area (Å²) in [6, 6.07) is 15.1. The second-order valence-electron chi connectivity index (χ2n) is 6.50. The van der Waals surface area contributed by atoms with Crippen LogP contribution < -0.4 is 9.47 Å². The van der Waals surface area contributed by atoms with E-state index in [1.54, 1.807) is 13.2 Å². The lowest BCUT2D eigenvalue weighted by Gasteiger charge is -2.08. The fraction of sp³-hybridized carbons (Fsp3) is 0.227. The predicted molar refractivity (Wildman–Crippen MR) is 102 cm³/mol. The van der Waals surface area contributed by atoms with Crippen LogP contribution in [0.3, 0.4) is 0 Å². The number of hydrogen-bond donors (Lipinski definition) is 0. The van der Waals surface area contributed by atoms with Gasteiger partial charge >= 0.3 is 5.97 Å². The van der Waals surface area contributed by atoms with Crippen LogP contribution in [0.1, 0.15) is 25.0 Å². The number of ether oxygens (including phenoxy) is 3. The number of methoxy groups -OCH3 is 1. The number of carbonyl (C=O) groups excluding carboxylic acids is 1. The van der Waals surface area contributed by atoms with E-state index in [-0.39, 0.29) is 5.97 Å². The first-order valence-electron chi connectivity index (χ1n) is 8.58. The normalized spacial score (nSPS) is 15.2. The van der Waals surface area contributed by atoms with Gasteiger partial charge in [-0.3, -0.25) is 0 Å². The Labute approximate surface area is 153 Å². The highest BCUT2D eigenvalue weighted by Crippen LogP contribution is 2.28. The molecule has 1 aliphatic heterocycles. The first kappa shape index (κ1) is 17.8. The number of carbonyl (C=O) groups is 1. The van der Waals surface area contributed by atoms with Crippen molar-refractivity contribution in [3.05, 3.63) is 71.3 Å². The zero-order valence-electron chi connectivity index (χ0n) is 15.2. The van der Waals surface area contributed by atoms with Gasteiger partial charge in [0.2, 0.25) is 0 Å². The highest BCUT2D eigenvalue weighted by molar-refractivity contribution is 6.05. The molecule has 0 unspecified atom stereocenters. The molecular formula is C22H22O4. The summed E-state index contributed by atoms with van der Waals surface area (Å²) in [5.74, 6) is 2.25. The van der Waals surface area contributed by atoms with E-state index in [9.17, 15) is 4.79 Å². The molecule has 0 bridgehead atoms. The molecule has 0 aliphatic carbocycles. The molecule has 1 heterocycles. The number of hydrogen-bond acceptors (Lipinski definition) is 4. The van der Waals surface area contributed by atoms with Gasteiger partial charge in [0.05, 0.1) is 19.3 Å². The van der Waals surface area contributed by atoms with Crippen molar-refractivity contribution >= 4 is 17.8 Å². The van der Waals surface area contributed by atoms with E-state index in [4.69, 9.17) is 14.2 Å². The molecule has 0 radical (unpaired) electrons. The van der Waals surface area contributed by atoms with E-state index in [0.29, 0.717) is 23.9 Å². The molecule has 0 amide bonds. The predicted octanol–water partition coefficient (Wildman–Crippen LogP) is 4.71. The Bertz CT molecular complexity index is 827. The molecule has 4 heteroatoms. The van der Waals surface area contributed by atoms with Crippen molar-refractivity contribution in [2.24, 2.45) is 5.92 Å². The second-order valence-corrected chi connectivity index (χ2v) is 6.50. The Morgan fingerprint density at radius 1 is 1.00 bits per heavy atom. The van der Waals surface area contributed by atoms with Crippen LogP contribution in [-0.4, -0.2) is 19.7 Å². The maximum absolute atomic E-state index is 12.1. The first-order chi connectivity index (χ1) is 12.5. The summed E-state index contributed by atoms with van der Waals surface area (Å²) in [6.07, 6.45) is 3.57. The minimum Gasteiger partial charge on any atom is -0.497 e. The van der Waals surface area contributed by atoms with Crippen molar-refractivity contribution in [3.63, 3.8) is 0 Å². The summed E-state index contributed by atoms with van der Waals surface area (Å²) in [5.41, 5.74) is 2.27. The van der Waals surface area contributed by atoms with Crippen molar-refractivity contribution < 1.29 is 19.0 Å². The Kier molecular flexibility index (Phi) is 5.42. The van der Waals surface area contributed by atoms with Gasteiger partial charge < -0.3 is 14.2 Å². The van der Waals surface area contributed by atoms with Crippen molar-refractivity contribution in [2.45, 2.75) is 13.8 Å². The fourth-order valence-electron chi connectivity index (χ4n) is 2.49. The van der Waals surface area contributed by atoms with Crippen molar-refractivity contribution in [1.82, 2.24) is 0 Å². The molecule has 0 saturated heterocycles. The van der Waals surface area contributed by atoms with Gasteiger partial charge in [-0.15, -0.1) is 0 Å². The van der Waals surface area contributed by atoms with Gasteiger partial charge in [-0.05, 0) is 60.0 Å². The molecule has 0 atom stereocenters. The lowest BCUT2D eigenvalue weighted by molar-refractivity contribution is -0.130. The molecule has 0 spiro atoms. The van der Waals surface area contributed by atoms with Crippen molar-refractivity contribution in [2.75, 3.05) is 13.7 Å². The van der Waals surface area contributed by atoms with E-state index < -0.39 is 0 Å². The molecule has 2 aromatic rings. The smallest absolute Gasteiger partial charge is 0.343 e. The van der Waals surface area contributed by atoms with E-state index in [2.05, 4.69) is 13.8 Å². The Morgan fingerprint density at radius 3 is 2.27 bits per heavy atom. The number of rotatable bonds is 6. The number of cyclic esters (lactones) is 1. The highest BCUT2D eigenvalue weighted by Gasteiger charge is 2.21. The topological polar surface area (TPSA) is 44.8 Å². The maximum Gasteiger partial charge on any atom is 0.343 e. The van der Waals surface area contributed by atoms with Gasteiger partial charge in [-0.2, -0.15) is 0 Å². The molecule has 26 heavy (non-hydrogen) atoms. The summed E-state index contributed by atoms with van der Waals surface area (Å²) >= 11 is 0. The molecule has 1 aliphatic rings. The van der Waals surface area contributed by atoms with Crippen LogP contribution >= 0.6 is 0 Å². The SMILES string of the molecule is COc1ccc(C2=C/C(=C\c3ccc(OCC(C)C)cc3)C(=O)O2)cc1. The van der Waals surface area contributed by atoms with Gasteiger partial charge in [0.25, 0.3) is 0 Å². The van der Waals surface area contributed by atoms with Crippen LogP contribution in [0.25, 0.3) is 11.8 Å². The summed E-state index contributed by atoms with van der Waals surface area (Å²) in [6.45, 7) is 4.90. The van der Waals surface area contributed by atoms with Gasteiger partial charge in [0.1, 0.15) is 17.3 Å². The molecule has 2 aromatic carbocycles. The van der Waals surface area contributed by atoms with Crippen molar-refractivity contribution in [1.29, 1.82) is 0 Å². The van der Waals surface area contributed by atoms with Crippen LogP contribution in [0.15, 0.2) is 60.2 Å². The van der Waals surface area contributed by atoms with E-state index >= 15 is 0 Å². The zero-order chi connectivity index (χ0) is 18.5. The molecule has 4 nitrogen and oxygen atoms in total. The van der Waals surface area contributed by atoms with Gasteiger partial charge in [0.15, 0.2) is 0 Å². The number of esters is 1. The summed E-state index contributed by atoms with van der Waals surface area (Å²) in [4.78, 5) is 12.1. The van der Waals surface area contributed by atoms with E-state index in [1.807, 2.05) is 54.6 Å². The molecular weight excluding hydrogens is 328 g/mol. The largest absolute Gasteiger partial charge is 0.497 e. The second kappa shape index (κ2) is 7.91. The van der Waals surface area contributed by atoms with Gasteiger partial charge in [-0.25, -0.2) is 4.79 Å². The minimum absolute atomic E-state index is 0.351. The summed E-state index contributed by atoms with van der Waals surface area (Å²) in [7, 11) is 1.61. The molecule has 0 saturated carbocycles. The van der Waals surface area contributed by atoms with E-state index in [0.717, 1.165) is 22.6 Å². The minimum atomic E-state index is -0.351. The molecule has 3 rings (SSSR count). The molecule has 134 valence electrons. The average molecular weight is 350 g/mol.